The molecule has 4 nitrogen and oxygen atoms in total. The van der Waals surface area contributed by atoms with Crippen molar-refractivity contribution in [3.05, 3.63) is 23.7 Å². The Hall–Kier alpha value is -1.29. The molecular weight excluding hydrogens is 240 g/mol. The lowest BCUT2D eigenvalue weighted by molar-refractivity contribution is -0.131. The summed E-state index contributed by atoms with van der Waals surface area (Å²) in [6.07, 6.45) is 5.10. The van der Waals surface area contributed by atoms with Crippen LogP contribution in [-0.2, 0) is 17.9 Å². The first-order chi connectivity index (χ1) is 9.29. The number of rotatable bonds is 6. The van der Waals surface area contributed by atoms with Crippen LogP contribution >= 0.6 is 0 Å². The molecule has 0 saturated carbocycles. The highest BCUT2D eigenvalue weighted by Crippen LogP contribution is 2.16. The van der Waals surface area contributed by atoms with E-state index < -0.39 is 0 Å². The fourth-order valence-corrected chi connectivity index (χ4v) is 2.38. The Labute approximate surface area is 115 Å². The number of nitrogens with one attached hydrogen (secondary N) is 1. The monoisotopic (exact) mass is 264 g/mol. The van der Waals surface area contributed by atoms with E-state index in [1.54, 1.807) is 0 Å². The molecule has 1 N–H and O–H groups in total. The summed E-state index contributed by atoms with van der Waals surface area (Å²) in [6, 6.07) is 3.99. The van der Waals surface area contributed by atoms with Crippen LogP contribution in [0.2, 0.25) is 0 Å². The second-order valence-corrected chi connectivity index (χ2v) is 5.17. The van der Waals surface area contributed by atoms with Crippen molar-refractivity contribution in [1.82, 2.24) is 10.2 Å². The van der Waals surface area contributed by atoms with Crippen molar-refractivity contribution in [2.24, 2.45) is 0 Å². The van der Waals surface area contributed by atoms with Gasteiger partial charge in [0.15, 0.2) is 0 Å². The zero-order chi connectivity index (χ0) is 13.5. The summed E-state index contributed by atoms with van der Waals surface area (Å²) in [4.78, 5) is 13.8. The lowest BCUT2D eigenvalue weighted by Crippen LogP contribution is -2.29. The normalized spacial score (nSPS) is 16.7. The number of hydrogen-bond acceptors (Lipinski definition) is 3. The smallest absolute Gasteiger partial charge is 0.222 e. The molecule has 4 heteroatoms. The predicted octanol–water partition coefficient (Wildman–Crippen LogP) is 2.68. The van der Waals surface area contributed by atoms with Gasteiger partial charge >= 0.3 is 0 Å². The van der Waals surface area contributed by atoms with E-state index >= 15 is 0 Å². The largest absolute Gasteiger partial charge is 0.463 e. The van der Waals surface area contributed by atoms with Gasteiger partial charge in [-0.25, -0.2) is 0 Å². The molecule has 1 aliphatic rings. The third kappa shape index (κ3) is 4.39. The average molecular weight is 264 g/mol. The van der Waals surface area contributed by atoms with Crippen molar-refractivity contribution in [1.29, 1.82) is 0 Å². The van der Waals surface area contributed by atoms with E-state index in [4.69, 9.17) is 4.42 Å². The Morgan fingerprint density at radius 1 is 1.26 bits per heavy atom. The van der Waals surface area contributed by atoms with Gasteiger partial charge in [-0.15, -0.1) is 0 Å². The van der Waals surface area contributed by atoms with E-state index in [-0.39, 0.29) is 5.91 Å². The summed E-state index contributed by atoms with van der Waals surface area (Å²) in [7, 11) is 0. The van der Waals surface area contributed by atoms with E-state index in [9.17, 15) is 4.79 Å². The maximum Gasteiger partial charge on any atom is 0.222 e. The number of nitrogens with zero attached hydrogens (tertiary/aromatic N) is 1. The summed E-state index contributed by atoms with van der Waals surface area (Å²) >= 11 is 0. The quantitative estimate of drug-likeness (QED) is 0.803. The van der Waals surface area contributed by atoms with Crippen molar-refractivity contribution < 1.29 is 9.21 Å². The van der Waals surface area contributed by atoms with Gasteiger partial charge < -0.3 is 14.6 Å². The van der Waals surface area contributed by atoms with Crippen molar-refractivity contribution in [2.75, 3.05) is 13.1 Å². The van der Waals surface area contributed by atoms with E-state index in [1.807, 2.05) is 17.0 Å². The standard InChI is InChI=1S/C15H24N2O2/c1-2-9-16-11-13-7-8-14(19-13)12-17-10-5-3-4-6-15(17)18/h7-8,16H,2-6,9-12H2,1H3. The minimum absolute atomic E-state index is 0.263. The van der Waals surface area contributed by atoms with Crippen LogP contribution in [0.1, 0.15) is 50.5 Å². The molecule has 1 aromatic rings. The summed E-state index contributed by atoms with van der Waals surface area (Å²) in [5, 5.41) is 3.31. The third-order valence-corrected chi connectivity index (χ3v) is 3.46. The van der Waals surface area contributed by atoms with Gasteiger partial charge in [-0.05, 0) is 37.9 Å². The first-order valence-electron chi connectivity index (χ1n) is 7.35. The summed E-state index contributed by atoms with van der Waals surface area (Å²) in [6.45, 7) is 5.39. The highest BCUT2D eigenvalue weighted by Gasteiger charge is 2.17. The minimum atomic E-state index is 0.263. The summed E-state index contributed by atoms with van der Waals surface area (Å²) in [5.41, 5.74) is 0. The van der Waals surface area contributed by atoms with Crippen LogP contribution in [0, 0.1) is 0 Å². The molecule has 0 aromatic carbocycles. The molecule has 19 heavy (non-hydrogen) atoms. The summed E-state index contributed by atoms with van der Waals surface area (Å²) < 4.78 is 5.77. The zero-order valence-electron chi connectivity index (χ0n) is 11.8. The minimum Gasteiger partial charge on any atom is -0.463 e. The van der Waals surface area contributed by atoms with Gasteiger partial charge in [-0.2, -0.15) is 0 Å². The molecule has 1 amide bonds. The number of carbonyl (C=O) groups excluding carboxylic acids is 1. The van der Waals surface area contributed by atoms with Gasteiger partial charge in [-0.1, -0.05) is 13.3 Å². The molecule has 0 aliphatic carbocycles. The van der Waals surface area contributed by atoms with Crippen LogP contribution in [-0.4, -0.2) is 23.9 Å². The van der Waals surface area contributed by atoms with Crippen LogP contribution < -0.4 is 5.32 Å². The Morgan fingerprint density at radius 2 is 2.11 bits per heavy atom. The maximum absolute atomic E-state index is 11.9. The Balaban J connectivity index is 1.86. The Kier molecular flexibility index (Phi) is 5.45. The van der Waals surface area contributed by atoms with Crippen molar-refractivity contribution >= 4 is 5.91 Å². The van der Waals surface area contributed by atoms with E-state index in [1.165, 1.54) is 0 Å². The highest BCUT2D eigenvalue weighted by molar-refractivity contribution is 5.76. The molecule has 0 bridgehead atoms. The van der Waals surface area contributed by atoms with Crippen molar-refractivity contribution in [3.8, 4) is 0 Å². The van der Waals surface area contributed by atoms with Gasteiger partial charge in [0.1, 0.15) is 11.5 Å². The third-order valence-electron chi connectivity index (χ3n) is 3.46. The lowest BCUT2D eigenvalue weighted by atomic mass is 10.2. The molecule has 0 atom stereocenters. The highest BCUT2D eigenvalue weighted by atomic mass is 16.3. The molecule has 0 unspecified atom stereocenters. The van der Waals surface area contributed by atoms with Crippen LogP contribution in [0.15, 0.2) is 16.5 Å². The second-order valence-electron chi connectivity index (χ2n) is 5.17. The number of carbonyl (C=O) groups is 1. The molecular formula is C15H24N2O2. The van der Waals surface area contributed by atoms with Gasteiger partial charge in [0.25, 0.3) is 0 Å². The lowest BCUT2D eigenvalue weighted by Gasteiger charge is -2.18. The number of furan rings is 1. The molecule has 0 spiro atoms. The van der Waals surface area contributed by atoms with Gasteiger partial charge in [0.05, 0.1) is 13.1 Å². The van der Waals surface area contributed by atoms with Gasteiger partial charge in [-0.3, -0.25) is 4.79 Å². The van der Waals surface area contributed by atoms with Crippen LogP contribution in [0.25, 0.3) is 0 Å². The first-order valence-corrected chi connectivity index (χ1v) is 7.35. The van der Waals surface area contributed by atoms with Gasteiger partial charge in [0.2, 0.25) is 5.91 Å². The SMILES string of the molecule is CCCNCc1ccc(CN2CCCCCC2=O)o1. The molecule has 106 valence electrons. The molecule has 1 aliphatic heterocycles. The molecule has 1 saturated heterocycles. The van der Waals surface area contributed by atoms with Crippen LogP contribution in [0.5, 0.6) is 0 Å². The topological polar surface area (TPSA) is 45.5 Å². The summed E-state index contributed by atoms with van der Waals surface area (Å²) in [5.74, 6) is 2.11. The molecule has 2 heterocycles. The zero-order valence-corrected chi connectivity index (χ0v) is 11.8. The number of hydrogen-bond donors (Lipinski definition) is 1. The van der Waals surface area contributed by atoms with Crippen molar-refractivity contribution in [3.63, 3.8) is 0 Å². The van der Waals surface area contributed by atoms with E-state index in [0.29, 0.717) is 13.0 Å². The average Bonchev–Trinajstić information content (AvgIpc) is 2.75. The predicted molar refractivity (Wildman–Crippen MR) is 74.6 cm³/mol. The molecule has 0 radical (unpaired) electrons. The Morgan fingerprint density at radius 3 is 2.95 bits per heavy atom. The first kappa shape index (κ1) is 14.1. The molecule has 1 fully saturated rings. The van der Waals surface area contributed by atoms with Crippen molar-refractivity contribution in [2.45, 2.75) is 52.1 Å². The van der Waals surface area contributed by atoms with E-state index in [0.717, 1.165) is 56.8 Å². The number of amides is 1. The second kappa shape index (κ2) is 7.34. The molecule has 1 aromatic heterocycles. The molecule has 2 rings (SSSR count). The number of likely N-dealkylation sites (tertiary alicyclic amines) is 1. The van der Waals surface area contributed by atoms with Crippen LogP contribution in [0.4, 0.5) is 0 Å². The maximum atomic E-state index is 11.9. The van der Waals surface area contributed by atoms with Gasteiger partial charge in [0, 0.05) is 13.0 Å². The fraction of sp³-hybridized carbons (Fsp3) is 0.667. The Bertz CT molecular complexity index is 401. The fourth-order valence-electron chi connectivity index (χ4n) is 2.38. The van der Waals surface area contributed by atoms with Crippen LogP contribution in [0.3, 0.4) is 0 Å². The van der Waals surface area contributed by atoms with E-state index in [2.05, 4.69) is 12.2 Å².